The quantitative estimate of drug-likeness (QED) is 0.594. The van der Waals surface area contributed by atoms with Crippen molar-refractivity contribution in [1.29, 1.82) is 0 Å². The van der Waals surface area contributed by atoms with Crippen LogP contribution in [0.15, 0.2) is 41.6 Å². The number of nitrogens with one attached hydrogen (secondary N) is 2. The zero-order valence-corrected chi connectivity index (χ0v) is 14.4. The first-order valence-corrected chi connectivity index (χ1v) is 8.50. The third-order valence-corrected chi connectivity index (χ3v) is 3.87. The third-order valence-electron chi connectivity index (χ3n) is 3.00. The Kier molecular flexibility index (Phi) is 6.68. The van der Waals surface area contributed by atoms with Crippen molar-refractivity contribution in [3.8, 4) is 5.69 Å². The van der Waals surface area contributed by atoms with Crippen LogP contribution in [0.25, 0.3) is 5.69 Å². The molecule has 0 unspecified atom stereocenters. The van der Waals surface area contributed by atoms with E-state index in [0.29, 0.717) is 17.1 Å². The van der Waals surface area contributed by atoms with Crippen molar-refractivity contribution in [3.05, 3.63) is 42.1 Å². The Morgan fingerprint density at radius 3 is 2.67 bits per heavy atom. The van der Waals surface area contributed by atoms with Gasteiger partial charge in [0.2, 0.25) is 0 Å². The zero-order valence-electron chi connectivity index (χ0n) is 13.6. The fraction of sp³-hybridized carbons (Fsp3) is 0.312. The fourth-order valence-corrected chi connectivity index (χ4v) is 2.65. The van der Waals surface area contributed by atoms with Gasteiger partial charge in [0, 0.05) is 18.5 Å². The summed E-state index contributed by atoms with van der Waals surface area (Å²) in [7, 11) is 0. The number of esters is 1. The summed E-state index contributed by atoms with van der Waals surface area (Å²) in [5.74, 6) is -0.474. The van der Waals surface area contributed by atoms with Gasteiger partial charge in [-0.05, 0) is 25.5 Å². The van der Waals surface area contributed by atoms with Crippen molar-refractivity contribution < 1.29 is 14.3 Å². The molecule has 8 heteroatoms. The van der Waals surface area contributed by atoms with Gasteiger partial charge >= 0.3 is 12.0 Å². The van der Waals surface area contributed by atoms with E-state index in [1.165, 1.54) is 6.20 Å². The summed E-state index contributed by atoms with van der Waals surface area (Å²) in [4.78, 5) is 23.9. The first-order valence-electron chi connectivity index (χ1n) is 7.68. The summed E-state index contributed by atoms with van der Waals surface area (Å²) in [6.07, 6.45) is 2.28. The van der Waals surface area contributed by atoms with Crippen molar-refractivity contribution in [2.75, 3.05) is 13.2 Å². The van der Waals surface area contributed by atoms with Crippen molar-refractivity contribution in [3.63, 3.8) is 0 Å². The second kappa shape index (κ2) is 8.97. The van der Waals surface area contributed by atoms with E-state index in [4.69, 9.17) is 4.74 Å². The highest BCUT2D eigenvalue weighted by molar-refractivity contribution is 7.98. The number of nitrogens with zero attached hydrogens (tertiary/aromatic N) is 2. The van der Waals surface area contributed by atoms with Crippen LogP contribution in [0.4, 0.5) is 4.79 Å². The van der Waals surface area contributed by atoms with Gasteiger partial charge in [-0.1, -0.05) is 25.1 Å². The minimum absolute atomic E-state index is 0.268. The molecule has 0 saturated carbocycles. The van der Waals surface area contributed by atoms with Crippen LogP contribution in [0, 0.1) is 0 Å². The highest BCUT2D eigenvalue weighted by Crippen LogP contribution is 2.24. The number of aromatic nitrogens is 2. The Bertz CT molecular complexity index is 688. The van der Waals surface area contributed by atoms with E-state index in [2.05, 4.69) is 15.1 Å². The highest BCUT2D eigenvalue weighted by Gasteiger charge is 2.21. The molecule has 0 aliphatic heterocycles. The fourth-order valence-electron chi connectivity index (χ4n) is 1.91. The van der Waals surface area contributed by atoms with E-state index < -0.39 is 5.97 Å². The predicted octanol–water partition coefficient (Wildman–Crippen LogP) is 2.77. The number of hydrogen-bond donors (Lipinski definition) is 2. The van der Waals surface area contributed by atoms with E-state index in [1.54, 1.807) is 11.6 Å². The molecule has 0 atom stereocenters. The summed E-state index contributed by atoms with van der Waals surface area (Å²) < 4.78 is 9.32. The minimum atomic E-state index is -0.474. The summed E-state index contributed by atoms with van der Waals surface area (Å²) in [5.41, 5.74) is 1.09. The van der Waals surface area contributed by atoms with Crippen LogP contribution >= 0.6 is 11.9 Å². The topological polar surface area (TPSA) is 85.2 Å². The van der Waals surface area contributed by atoms with Gasteiger partial charge in [-0.3, -0.25) is 4.72 Å². The van der Waals surface area contributed by atoms with Crippen LogP contribution in [0.3, 0.4) is 0 Å². The average molecular weight is 348 g/mol. The molecule has 128 valence electrons. The number of urea groups is 1. The monoisotopic (exact) mass is 348 g/mol. The highest BCUT2D eigenvalue weighted by atomic mass is 32.2. The molecule has 0 aliphatic carbocycles. The summed E-state index contributed by atoms with van der Waals surface area (Å²) in [6.45, 7) is 4.55. The Morgan fingerprint density at radius 1 is 1.25 bits per heavy atom. The molecule has 1 aromatic heterocycles. The molecule has 0 fully saturated rings. The Labute approximate surface area is 144 Å². The molecular weight excluding hydrogens is 328 g/mol. The van der Waals surface area contributed by atoms with Gasteiger partial charge in [-0.2, -0.15) is 5.10 Å². The van der Waals surface area contributed by atoms with Gasteiger partial charge in [0.05, 0.1) is 18.5 Å². The number of hydrogen-bond acceptors (Lipinski definition) is 5. The lowest BCUT2D eigenvalue weighted by atomic mass is 10.3. The molecule has 2 amide bonds. The number of benzene rings is 1. The number of carbonyl (C=O) groups is 2. The van der Waals surface area contributed by atoms with E-state index >= 15 is 0 Å². The molecule has 0 spiro atoms. The van der Waals surface area contributed by atoms with Crippen LogP contribution in [0.1, 0.15) is 30.6 Å². The van der Waals surface area contributed by atoms with E-state index in [1.807, 2.05) is 37.3 Å². The normalized spacial score (nSPS) is 10.2. The van der Waals surface area contributed by atoms with Crippen LogP contribution in [-0.4, -0.2) is 34.9 Å². The zero-order chi connectivity index (χ0) is 17.4. The number of amides is 2. The molecule has 1 heterocycles. The lowest BCUT2D eigenvalue weighted by Crippen LogP contribution is -2.32. The molecule has 0 radical (unpaired) electrons. The molecule has 7 nitrogen and oxygen atoms in total. The van der Waals surface area contributed by atoms with Crippen LogP contribution in [0.2, 0.25) is 0 Å². The lowest BCUT2D eigenvalue weighted by Gasteiger charge is -2.10. The van der Waals surface area contributed by atoms with Gasteiger partial charge in [0.15, 0.2) is 0 Å². The predicted molar refractivity (Wildman–Crippen MR) is 92.2 cm³/mol. The van der Waals surface area contributed by atoms with Crippen molar-refractivity contribution in [2.24, 2.45) is 0 Å². The van der Waals surface area contributed by atoms with E-state index in [0.717, 1.165) is 24.1 Å². The maximum absolute atomic E-state index is 12.1. The maximum atomic E-state index is 12.1. The summed E-state index contributed by atoms with van der Waals surface area (Å²) >= 11 is 1.03. The second-order valence-corrected chi connectivity index (χ2v) is 5.59. The van der Waals surface area contributed by atoms with Crippen molar-refractivity contribution in [2.45, 2.75) is 25.3 Å². The molecule has 2 rings (SSSR count). The number of para-hydroxylation sites is 1. The maximum Gasteiger partial charge on any atom is 0.342 e. The van der Waals surface area contributed by atoms with Crippen molar-refractivity contribution in [1.82, 2.24) is 19.8 Å². The van der Waals surface area contributed by atoms with Crippen LogP contribution in [-0.2, 0) is 4.74 Å². The van der Waals surface area contributed by atoms with Crippen LogP contribution < -0.4 is 10.0 Å². The summed E-state index contributed by atoms with van der Waals surface area (Å²) in [5, 5.41) is 7.46. The molecular formula is C16H20N4O3S. The number of rotatable bonds is 7. The Morgan fingerprint density at radius 2 is 2.00 bits per heavy atom. The Balaban J connectivity index is 2.25. The van der Waals surface area contributed by atoms with E-state index in [-0.39, 0.29) is 12.6 Å². The standard InChI is InChI=1S/C16H20N4O3S/c1-3-10-17-16(22)19-24-14-13(15(21)23-4-2)11-18-20(14)12-8-6-5-7-9-12/h5-9,11H,3-4,10H2,1-2H3,(H2,17,19,22). The molecule has 2 N–H and O–H groups in total. The van der Waals surface area contributed by atoms with Crippen LogP contribution in [0.5, 0.6) is 0 Å². The molecule has 0 bridgehead atoms. The first-order chi connectivity index (χ1) is 11.7. The molecule has 1 aromatic carbocycles. The van der Waals surface area contributed by atoms with Gasteiger partial charge in [0.25, 0.3) is 0 Å². The average Bonchev–Trinajstić information content (AvgIpc) is 3.03. The summed E-state index contributed by atoms with van der Waals surface area (Å²) in [6, 6.07) is 9.04. The third kappa shape index (κ3) is 4.51. The molecule has 0 aliphatic rings. The number of carbonyl (C=O) groups excluding carboxylic acids is 2. The first kappa shape index (κ1) is 17.9. The largest absolute Gasteiger partial charge is 0.462 e. The number of ether oxygens (including phenoxy) is 1. The van der Waals surface area contributed by atoms with Gasteiger partial charge in [-0.15, -0.1) is 0 Å². The van der Waals surface area contributed by atoms with Gasteiger partial charge < -0.3 is 10.1 Å². The smallest absolute Gasteiger partial charge is 0.342 e. The van der Waals surface area contributed by atoms with Gasteiger partial charge in [-0.25, -0.2) is 14.3 Å². The van der Waals surface area contributed by atoms with Gasteiger partial charge in [0.1, 0.15) is 10.6 Å². The molecule has 0 saturated heterocycles. The molecule has 2 aromatic rings. The second-order valence-electron chi connectivity index (χ2n) is 4.79. The lowest BCUT2D eigenvalue weighted by molar-refractivity contribution is 0.0522. The van der Waals surface area contributed by atoms with Crippen molar-refractivity contribution >= 4 is 23.9 Å². The SMILES string of the molecule is CCCNC(=O)NSc1c(C(=O)OCC)cnn1-c1ccccc1. The minimum Gasteiger partial charge on any atom is -0.462 e. The Hall–Kier alpha value is -2.48. The van der Waals surface area contributed by atoms with E-state index in [9.17, 15) is 9.59 Å². The molecule has 24 heavy (non-hydrogen) atoms.